The molecular formula is C59H71F3N6O8Si. The number of pyridine rings is 1. The van der Waals surface area contributed by atoms with Gasteiger partial charge in [-0.15, -0.1) is 0 Å². The zero-order valence-electron chi connectivity index (χ0n) is 44.9. The van der Waals surface area contributed by atoms with Crippen molar-refractivity contribution < 1.29 is 51.3 Å². The molecule has 4 heterocycles. The number of carbonyl (C=O) groups excluding carboxylic acids is 2. The van der Waals surface area contributed by atoms with Gasteiger partial charge in [0.25, 0.3) is 14.2 Å². The first kappa shape index (κ1) is 56.6. The number of halogens is 3. The molecule has 2 aliphatic heterocycles. The van der Waals surface area contributed by atoms with Gasteiger partial charge in [-0.1, -0.05) is 126 Å². The highest BCUT2D eigenvalue weighted by Gasteiger charge is 2.51. The van der Waals surface area contributed by atoms with Crippen LogP contribution in [0.2, 0.25) is 5.04 Å². The number of amides is 2. The van der Waals surface area contributed by atoms with Crippen molar-refractivity contribution in [2.45, 2.75) is 116 Å². The number of morpholine rings is 1. The number of alkyl carbamates (subject to hydrolysis) is 1. The molecule has 2 saturated heterocycles. The van der Waals surface area contributed by atoms with E-state index in [4.69, 9.17) is 23.6 Å². The van der Waals surface area contributed by atoms with Crippen LogP contribution in [0.3, 0.4) is 0 Å². The molecule has 4 aromatic carbocycles. The SMILES string of the molecule is CO[C@@H](C)c1ncccc1-c1c(CC(C)(C)CO[Si](c2ccccc2)(c2ccccc2)C(C)(C)C)c2cc(N3CCOC(CC(NC(=O)OCc4ccccc4)C(=O)N4CCCC(C(=O)O)N4)C3)ccc2n1CC(F)(F)F. The van der Waals surface area contributed by atoms with Gasteiger partial charge in [0.2, 0.25) is 0 Å². The largest absolute Gasteiger partial charge is 0.480 e. The van der Waals surface area contributed by atoms with Gasteiger partial charge in [-0.3, -0.25) is 19.6 Å². The summed E-state index contributed by atoms with van der Waals surface area (Å²) in [5.41, 5.74) is 6.13. The fourth-order valence-corrected chi connectivity index (χ4v) is 15.6. The number of rotatable bonds is 19. The number of fused-ring (bicyclic) bond motifs is 1. The summed E-state index contributed by atoms with van der Waals surface area (Å²) in [7, 11) is -1.50. The minimum absolute atomic E-state index is 0.00623. The number of anilines is 1. The van der Waals surface area contributed by atoms with E-state index in [1.54, 1.807) is 37.6 Å². The number of carboxylic acid groups (broad SMARTS) is 1. The molecule has 410 valence electrons. The third-order valence-corrected chi connectivity index (χ3v) is 19.6. The maximum Gasteiger partial charge on any atom is 0.408 e. The van der Waals surface area contributed by atoms with E-state index in [9.17, 15) is 19.5 Å². The maximum atomic E-state index is 15.1. The fourth-order valence-electron chi connectivity index (χ4n) is 10.9. The number of carboxylic acids is 1. The number of hydrazine groups is 1. The van der Waals surface area contributed by atoms with E-state index in [1.165, 1.54) is 9.58 Å². The molecule has 2 aromatic heterocycles. The molecule has 2 amide bonds. The first-order valence-corrected chi connectivity index (χ1v) is 28.2. The number of nitrogens with one attached hydrogen (secondary N) is 2. The fraction of sp³-hybridized carbons (Fsp3) is 0.424. The van der Waals surface area contributed by atoms with Gasteiger partial charge in [0.05, 0.1) is 30.2 Å². The molecule has 4 atom stereocenters. The van der Waals surface area contributed by atoms with E-state index in [0.29, 0.717) is 59.2 Å². The second kappa shape index (κ2) is 24.0. The van der Waals surface area contributed by atoms with E-state index >= 15 is 13.2 Å². The first-order valence-electron chi connectivity index (χ1n) is 26.3. The van der Waals surface area contributed by atoms with Crippen molar-refractivity contribution in [3.05, 3.63) is 144 Å². The third-order valence-electron chi connectivity index (χ3n) is 14.6. The smallest absolute Gasteiger partial charge is 0.408 e. The van der Waals surface area contributed by atoms with Gasteiger partial charge in [-0.2, -0.15) is 13.2 Å². The lowest BCUT2D eigenvalue weighted by Crippen LogP contribution is -2.67. The number of methoxy groups -OCH3 is 1. The molecule has 3 unspecified atom stereocenters. The van der Waals surface area contributed by atoms with Gasteiger partial charge in [-0.05, 0) is 88.5 Å². The van der Waals surface area contributed by atoms with Gasteiger partial charge in [0.1, 0.15) is 25.2 Å². The van der Waals surface area contributed by atoms with Crippen LogP contribution in [-0.4, -0.2) is 110 Å². The molecule has 18 heteroatoms. The average molecular weight is 1080 g/mol. The molecule has 0 aliphatic carbocycles. The Morgan fingerprint density at radius 3 is 2.18 bits per heavy atom. The van der Waals surface area contributed by atoms with Crippen LogP contribution in [0.4, 0.5) is 23.7 Å². The van der Waals surface area contributed by atoms with Crippen LogP contribution in [0.5, 0.6) is 0 Å². The van der Waals surface area contributed by atoms with E-state index in [-0.39, 0.29) is 44.4 Å². The van der Waals surface area contributed by atoms with E-state index in [2.05, 4.69) is 74.5 Å². The molecule has 0 saturated carbocycles. The quantitative estimate of drug-likeness (QED) is 0.0664. The van der Waals surface area contributed by atoms with Crippen molar-refractivity contribution in [2.75, 3.05) is 44.9 Å². The number of hydrogen-bond acceptors (Lipinski definition) is 10. The van der Waals surface area contributed by atoms with Crippen LogP contribution < -0.4 is 26.0 Å². The summed E-state index contributed by atoms with van der Waals surface area (Å²) < 4.78 is 71.7. The Morgan fingerprint density at radius 2 is 1.56 bits per heavy atom. The highest BCUT2D eigenvalue weighted by atomic mass is 28.4. The zero-order valence-corrected chi connectivity index (χ0v) is 45.9. The summed E-state index contributed by atoms with van der Waals surface area (Å²) >= 11 is 0. The van der Waals surface area contributed by atoms with Crippen LogP contribution >= 0.6 is 0 Å². The minimum Gasteiger partial charge on any atom is -0.480 e. The molecular weight excluding hydrogens is 1010 g/mol. The Hall–Kier alpha value is -6.57. The number of benzene rings is 4. The number of nitrogens with zero attached hydrogens (tertiary/aromatic N) is 4. The standard InChI is InChI=1S/C59H71F3N6O8Si/c1-40(73-7)52-46(25-17-29-63-52)53-48(35-58(5,6)39-76-77(57(2,3)4,44-21-13-9-14-22-44)45-23-15-10-16-24-45)47-33-42(27-28-51(47)67(53)38-59(60,61)62)66-31-32-74-43(36-66)34-50(54(69)68-30-18-26-49(65-68)55(70)71)64-56(72)75-37-41-19-11-8-12-20-41/h8-17,19-25,27-29,33,40,43,49-50,65H,18,26,30-32,34-39H2,1-7H3,(H,64,72)(H,70,71)/t40-,43?,49?,50?/m0/s1. The molecule has 2 fully saturated rings. The van der Waals surface area contributed by atoms with Gasteiger partial charge in [0, 0.05) is 68.1 Å². The lowest BCUT2D eigenvalue weighted by molar-refractivity contribution is -0.148. The van der Waals surface area contributed by atoms with Crippen LogP contribution in [-0.2, 0) is 47.8 Å². The summed E-state index contributed by atoms with van der Waals surface area (Å²) in [5, 5.41) is 16.3. The molecule has 0 radical (unpaired) electrons. The number of aromatic nitrogens is 2. The molecule has 14 nitrogen and oxygen atoms in total. The van der Waals surface area contributed by atoms with Crippen LogP contribution in [0, 0.1) is 5.41 Å². The van der Waals surface area contributed by atoms with E-state index in [0.717, 1.165) is 21.6 Å². The van der Waals surface area contributed by atoms with Gasteiger partial charge < -0.3 is 38.5 Å². The second-order valence-electron chi connectivity index (χ2n) is 21.9. The molecule has 77 heavy (non-hydrogen) atoms. The van der Waals surface area contributed by atoms with Crippen molar-refractivity contribution in [1.82, 2.24) is 25.3 Å². The summed E-state index contributed by atoms with van der Waals surface area (Å²) in [5.74, 6) is -1.64. The number of ether oxygens (including phenoxy) is 3. The minimum atomic E-state index is -4.60. The first-order chi connectivity index (χ1) is 36.7. The van der Waals surface area contributed by atoms with Crippen LogP contribution in [0.15, 0.2) is 128 Å². The third kappa shape index (κ3) is 13.2. The highest BCUT2D eigenvalue weighted by molar-refractivity contribution is 6.99. The topological polar surface area (TPSA) is 157 Å². The second-order valence-corrected chi connectivity index (χ2v) is 26.2. The van der Waals surface area contributed by atoms with Gasteiger partial charge >= 0.3 is 18.2 Å². The maximum absolute atomic E-state index is 15.1. The van der Waals surface area contributed by atoms with Gasteiger partial charge in [-0.25, -0.2) is 10.2 Å². The molecule has 8 rings (SSSR count). The lowest BCUT2D eigenvalue weighted by atomic mass is 9.84. The van der Waals surface area contributed by atoms with E-state index in [1.807, 2.05) is 79.7 Å². The molecule has 2 aliphatic rings. The normalized spacial score (nSPS) is 17.5. The number of carbonyl (C=O) groups is 3. The molecule has 0 spiro atoms. The van der Waals surface area contributed by atoms with Crippen molar-refractivity contribution in [3.8, 4) is 11.3 Å². The Bertz CT molecular complexity index is 2930. The van der Waals surface area contributed by atoms with Crippen molar-refractivity contribution in [1.29, 1.82) is 0 Å². The summed E-state index contributed by atoms with van der Waals surface area (Å²) in [6, 6.07) is 36.7. The van der Waals surface area contributed by atoms with Crippen molar-refractivity contribution >= 4 is 53.3 Å². The van der Waals surface area contributed by atoms with E-state index < -0.39 is 68.7 Å². The number of alkyl halides is 3. The average Bonchev–Trinajstić information content (AvgIpc) is 3.70. The van der Waals surface area contributed by atoms with Crippen LogP contribution in [0.1, 0.15) is 83.7 Å². The summed E-state index contributed by atoms with van der Waals surface area (Å²) in [4.78, 5) is 46.4. The van der Waals surface area contributed by atoms with Crippen molar-refractivity contribution in [2.24, 2.45) is 5.41 Å². The molecule has 3 N–H and O–H groups in total. The molecule has 0 bridgehead atoms. The van der Waals surface area contributed by atoms with Gasteiger partial charge in [0.15, 0.2) is 0 Å². The number of hydrogen-bond donors (Lipinski definition) is 3. The Balaban J connectivity index is 1.17. The Morgan fingerprint density at radius 1 is 0.896 bits per heavy atom. The summed E-state index contributed by atoms with van der Waals surface area (Å²) in [6.07, 6.45) is -3.90. The summed E-state index contributed by atoms with van der Waals surface area (Å²) in [6.45, 7) is 12.8. The Kier molecular flexibility index (Phi) is 17.6. The zero-order chi connectivity index (χ0) is 55.1. The predicted molar refractivity (Wildman–Crippen MR) is 293 cm³/mol. The van der Waals surface area contributed by atoms with Crippen LogP contribution in [0.25, 0.3) is 22.2 Å². The Labute approximate surface area is 450 Å². The highest BCUT2D eigenvalue weighted by Crippen LogP contribution is 2.44. The predicted octanol–water partition coefficient (Wildman–Crippen LogP) is 9.59. The van der Waals surface area contributed by atoms with Crippen molar-refractivity contribution in [3.63, 3.8) is 0 Å². The number of aliphatic carboxylic acids is 1. The lowest BCUT2D eigenvalue weighted by Gasteiger charge is -2.44. The monoisotopic (exact) mass is 1080 g/mol. The molecule has 6 aromatic rings.